The molecule has 3 heterocycles. The van der Waals surface area contributed by atoms with Crippen molar-refractivity contribution in [3.05, 3.63) is 5.82 Å². The van der Waals surface area contributed by atoms with Crippen LogP contribution in [0.15, 0.2) is 0 Å². The zero-order valence-corrected chi connectivity index (χ0v) is 13.9. The van der Waals surface area contributed by atoms with E-state index in [4.69, 9.17) is 15.2 Å². The predicted octanol–water partition coefficient (Wildman–Crippen LogP) is 1.33. The van der Waals surface area contributed by atoms with Gasteiger partial charge in [-0.2, -0.15) is 4.98 Å². The van der Waals surface area contributed by atoms with E-state index in [1.807, 2.05) is 25.5 Å². The van der Waals surface area contributed by atoms with Crippen LogP contribution in [-0.4, -0.2) is 46.2 Å². The molecule has 3 N–H and O–H groups in total. The molecule has 2 aliphatic rings. The zero-order valence-electron chi connectivity index (χ0n) is 13.9. The van der Waals surface area contributed by atoms with Crippen LogP contribution in [0.5, 0.6) is 0 Å². The lowest BCUT2D eigenvalue weighted by molar-refractivity contribution is 0.00824. The number of nitrogens with one attached hydrogen (secondary N) is 1. The summed E-state index contributed by atoms with van der Waals surface area (Å²) < 4.78 is 12.7. The molecule has 0 spiro atoms. The van der Waals surface area contributed by atoms with Gasteiger partial charge in [0, 0.05) is 19.1 Å². The quantitative estimate of drug-likeness (QED) is 0.851. The summed E-state index contributed by atoms with van der Waals surface area (Å²) in [5, 5.41) is 7.00. The molecule has 1 aromatic rings. The highest BCUT2D eigenvalue weighted by atomic mass is 16.6. The van der Waals surface area contributed by atoms with E-state index in [1.54, 1.807) is 0 Å². The van der Waals surface area contributed by atoms with E-state index in [0.29, 0.717) is 25.0 Å². The fraction of sp³-hybridized carbons (Fsp3) is 0.800. The molecular formula is C15H25N5O3. The van der Waals surface area contributed by atoms with Crippen LogP contribution >= 0.6 is 0 Å². The number of nitrogens with two attached hydrogens (primary N) is 1. The first-order valence-electron chi connectivity index (χ1n) is 8.10. The second kappa shape index (κ2) is 6.09. The SMILES string of the molecule is CC(C)(C)OC(=O)Nc1nc2n(n1)CC(CN)C1CCOCC21. The van der Waals surface area contributed by atoms with Crippen LogP contribution in [0.2, 0.25) is 0 Å². The van der Waals surface area contributed by atoms with Crippen molar-refractivity contribution in [2.75, 3.05) is 25.1 Å². The summed E-state index contributed by atoms with van der Waals surface area (Å²) in [6, 6.07) is 0. The summed E-state index contributed by atoms with van der Waals surface area (Å²) in [4.78, 5) is 16.4. The van der Waals surface area contributed by atoms with Crippen molar-refractivity contribution in [3.8, 4) is 0 Å². The van der Waals surface area contributed by atoms with E-state index < -0.39 is 11.7 Å². The summed E-state index contributed by atoms with van der Waals surface area (Å²) >= 11 is 0. The summed E-state index contributed by atoms with van der Waals surface area (Å²) in [6.07, 6.45) is 0.445. The fourth-order valence-electron chi connectivity index (χ4n) is 3.40. The Labute approximate surface area is 135 Å². The number of anilines is 1. The lowest BCUT2D eigenvalue weighted by Crippen LogP contribution is -2.42. The van der Waals surface area contributed by atoms with Crippen LogP contribution in [0.3, 0.4) is 0 Å². The molecule has 0 saturated carbocycles. The highest BCUT2D eigenvalue weighted by Crippen LogP contribution is 2.40. The van der Waals surface area contributed by atoms with Crippen molar-refractivity contribution in [2.24, 2.45) is 17.6 Å². The first-order chi connectivity index (χ1) is 10.9. The number of ether oxygens (including phenoxy) is 2. The van der Waals surface area contributed by atoms with Crippen molar-refractivity contribution in [2.45, 2.75) is 45.3 Å². The lowest BCUT2D eigenvalue weighted by Gasteiger charge is -2.39. The highest BCUT2D eigenvalue weighted by molar-refractivity contribution is 5.82. The number of hydrogen-bond donors (Lipinski definition) is 2. The molecule has 128 valence electrons. The first kappa shape index (κ1) is 16.2. The number of rotatable bonds is 2. The van der Waals surface area contributed by atoms with Gasteiger partial charge in [-0.25, -0.2) is 9.48 Å². The zero-order chi connectivity index (χ0) is 16.6. The number of carbonyl (C=O) groups is 1. The molecule has 8 nitrogen and oxygen atoms in total. The van der Waals surface area contributed by atoms with Gasteiger partial charge in [0.05, 0.1) is 6.61 Å². The molecule has 1 fully saturated rings. The maximum Gasteiger partial charge on any atom is 0.414 e. The molecule has 2 aliphatic heterocycles. The van der Waals surface area contributed by atoms with E-state index in [-0.39, 0.29) is 11.9 Å². The maximum absolute atomic E-state index is 11.9. The van der Waals surface area contributed by atoms with Crippen LogP contribution in [0.1, 0.15) is 38.9 Å². The van der Waals surface area contributed by atoms with Crippen LogP contribution in [-0.2, 0) is 16.0 Å². The molecule has 1 saturated heterocycles. The topological polar surface area (TPSA) is 104 Å². The number of hydrogen-bond acceptors (Lipinski definition) is 6. The number of fused-ring (bicyclic) bond motifs is 3. The van der Waals surface area contributed by atoms with Crippen molar-refractivity contribution in [3.63, 3.8) is 0 Å². The average molecular weight is 323 g/mol. The molecular weight excluding hydrogens is 298 g/mol. The Morgan fingerprint density at radius 1 is 1.52 bits per heavy atom. The molecule has 0 aliphatic carbocycles. The highest BCUT2D eigenvalue weighted by Gasteiger charge is 2.40. The minimum Gasteiger partial charge on any atom is -0.444 e. The van der Waals surface area contributed by atoms with E-state index >= 15 is 0 Å². The summed E-state index contributed by atoms with van der Waals surface area (Å²) in [5.74, 6) is 2.17. The van der Waals surface area contributed by atoms with E-state index in [0.717, 1.165) is 25.4 Å². The fourth-order valence-corrected chi connectivity index (χ4v) is 3.40. The monoisotopic (exact) mass is 323 g/mol. The van der Waals surface area contributed by atoms with Gasteiger partial charge in [0.25, 0.3) is 5.95 Å². The molecule has 0 radical (unpaired) electrons. The van der Waals surface area contributed by atoms with Crippen LogP contribution in [0, 0.1) is 11.8 Å². The van der Waals surface area contributed by atoms with Gasteiger partial charge in [-0.15, -0.1) is 5.10 Å². The van der Waals surface area contributed by atoms with Gasteiger partial charge in [-0.1, -0.05) is 0 Å². The third-order valence-electron chi connectivity index (χ3n) is 4.37. The third-order valence-corrected chi connectivity index (χ3v) is 4.37. The second-order valence-corrected chi connectivity index (χ2v) is 7.23. The number of aromatic nitrogens is 3. The van der Waals surface area contributed by atoms with Crippen molar-refractivity contribution in [1.82, 2.24) is 14.8 Å². The Bertz CT molecular complexity index is 580. The molecule has 0 bridgehead atoms. The Balaban J connectivity index is 1.78. The molecule has 3 atom stereocenters. The Morgan fingerprint density at radius 3 is 3.00 bits per heavy atom. The minimum atomic E-state index is -0.559. The van der Waals surface area contributed by atoms with Gasteiger partial charge < -0.3 is 15.2 Å². The molecule has 1 aromatic heterocycles. The van der Waals surface area contributed by atoms with E-state index in [9.17, 15) is 4.79 Å². The summed E-state index contributed by atoms with van der Waals surface area (Å²) in [6.45, 7) is 8.20. The van der Waals surface area contributed by atoms with E-state index in [1.165, 1.54) is 0 Å². The molecule has 3 rings (SSSR count). The second-order valence-electron chi connectivity index (χ2n) is 7.23. The Morgan fingerprint density at radius 2 is 2.30 bits per heavy atom. The standard InChI is InChI=1S/C15H25N5O3/c1-15(2,3)23-14(21)18-13-17-12-11-8-22-5-4-10(11)9(6-16)7-20(12)19-13/h9-11H,4-8,16H2,1-3H3,(H,18,19,21). The number of carbonyl (C=O) groups excluding carboxylic acids is 1. The third kappa shape index (κ3) is 3.48. The Hall–Kier alpha value is -1.67. The normalized spacial score (nSPS) is 27.0. The average Bonchev–Trinajstić information content (AvgIpc) is 2.86. The molecule has 3 unspecified atom stereocenters. The van der Waals surface area contributed by atoms with Crippen LogP contribution in [0.4, 0.5) is 10.7 Å². The Kier molecular flexibility index (Phi) is 4.29. The van der Waals surface area contributed by atoms with Gasteiger partial charge in [-0.3, -0.25) is 5.32 Å². The predicted molar refractivity (Wildman–Crippen MR) is 84.1 cm³/mol. The lowest BCUT2D eigenvalue weighted by atomic mass is 9.76. The molecule has 1 amide bonds. The number of amides is 1. The first-order valence-corrected chi connectivity index (χ1v) is 8.10. The van der Waals surface area contributed by atoms with Gasteiger partial charge in [0.1, 0.15) is 11.4 Å². The smallest absolute Gasteiger partial charge is 0.414 e. The van der Waals surface area contributed by atoms with Crippen LogP contribution in [0.25, 0.3) is 0 Å². The van der Waals surface area contributed by atoms with Gasteiger partial charge in [-0.05, 0) is 45.6 Å². The van der Waals surface area contributed by atoms with Crippen molar-refractivity contribution >= 4 is 12.0 Å². The summed E-state index contributed by atoms with van der Waals surface area (Å²) in [5.41, 5.74) is 5.37. The van der Waals surface area contributed by atoms with E-state index in [2.05, 4.69) is 15.4 Å². The minimum absolute atomic E-state index is 0.188. The summed E-state index contributed by atoms with van der Waals surface area (Å²) in [7, 11) is 0. The van der Waals surface area contributed by atoms with Crippen molar-refractivity contribution < 1.29 is 14.3 Å². The largest absolute Gasteiger partial charge is 0.444 e. The maximum atomic E-state index is 11.9. The van der Waals surface area contributed by atoms with Gasteiger partial charge >= 0.3 is 6.09 Å². The van der Waals surface area contributed by atoms with Gasteiger partial charge in [0.15, 0.2) is 0 Å². The van der Waals surface area contributed by atoms with Gasteiger partial charge in [0.2, 0.25) is 0 Å². The number of nitrogens with zero attached hydrogens (tertiary/aromatic N) is 3. The molecule has 8 heteroatoms. The molecule has 0 aromatic carbocycles. The van der Waals surface area contributed by atoms with Crippen LogP contribution < -0.4 is 11.1 Å². The molecule has 23 heavy (non-hydrogen) atoms. The van der Waals surface area contributed by atoms with Crippen molar-refractivity contribution in [1.29, 1.82) is 0 Å².